The number of nitro benzene ring substituents is 1. The van der Waals surface area contributed by atoms with Crippen molar-refractivity contribution in [2.24, 2.45) is 0 Å². The number of non-ortho nitro benzene ring substituents is 1. The van der Waals surface area contributed by atoms with Crippen molar-refractivity contribution >= 4 is 29.5 Å². The van der Waals surface area contributed by atoms with E-state index in [0.29, 0.717) is 5.56 Å². The Balaban J connectivity index is 1.74. The largest absolute Gasteiger partial charge is 0.458 e. The van der Waals surface area contributed by atoms with Gasteiger partial charge in [-0.25, -0.2) is 4.79 Å². The normalized spacial score (nSPS) is 10.8. The van der Waals surface area contributed by atoms with E-state index in [-0.39, 0.29) is 12.3 Å². The molecule has 0 aliphatic rings. The SMILES string of the molecule is Cc1ccc(Sc2ccc([N+](=O)[O-])cc2COC(=O)/C=C\c2ccccc2)cc1. The predicted octanol–water partition coefficient (Wildman–Crippen LogP) is 5.81. The smallest absolute Gasteiger partial charge is 0.331 e. The summed E-state index contributed by atoms with van der Waals surface area (Å²) in [6.07, 6.45) is 3.01. The summed E-state index contributed by atoms with van der Waals surface area (Å²) in [4.78, 5) is 24.6. The van der Waals surface area contributed by atoms with Gasteiger partial charge in [-0.2, -0.15) is 0 Å². The zero-order chi connectivity index (χ0) is 20.6. The van der Waals surface area contributed by atoms with Crippen LogP contribution in [0.5, 0.6) is 0 Å². The van der Waals surface area contributed by atoms with Crippen LogP contribution in [0.3, 0.4) is 0 Å². The summed E-state index contributed by atoms with van der Waals surface area (Å²) in [5.41, 5.74) is 2.59. The zero-order valence-electron chi connectivity index (χ0n) is 15.8. The molecule has 0 fully saturated rings. The highest BCUT2D eigenvalue weighted by molar-refractivity contribution is 7.99. The van der Waals surface area contributed by atoms with E-state index in [2.05, 4.69) is 0 Å². The van der Waals surface area contributed by atoms with Crippen LogP contribution in [0.4, 0.5) is 5.69 Å². The Labute approximate surface area is 173 Å². The van der Waals surface area contributed by atoms with Crippen LogP contribution in [-0.2, 0) is 16.1 Å². The Hall–Kier alpha value is -3.38. The molecule has 0 spiro atoms. The van der Waals surface area contributed by atoms with Crippen molar-refractivity contribution in [3.8, 4) is 0 Å². The average molecular weight is 405 g/mol. The molecule has 3 aromatic rings. The fourth-order valence-corrected chi connectivity index (χ4v) is 3.46. The van der Waals surface area contributed by atoms with E-state index >= 15 is 0 Å². The van der Waals surface area contributed by atoms with Gasteiger partial charge in [-0.15, -0.1) is 0 Å². The number of carbonyl (C=O) groups is 1. The molecule has 5 nitrogen and oxygen atoms in total. The molecule has 0 bridgehead atoms. The van der Waals surface area contributed by atoms with Crippen LogP contribution >= 0.6 is 11.8 Å². The van der Waals surface area contributed by atoms with Gasteiger partial charge in [-0.1, -0.05) is 59.8 Å². The second-order valence-electron chi connectivity index (χ2n) is 6.32. The lowest BCUT2D eigenvalue weighted by Crippen LogP contribution is -2.02. The maximum Gasteiger partial charge on any atom is 0.331 e. The summed E-state index contributed by atoms with van der Waals surface area (Å²) in [5, 5.41) is 11.1. The van der Waals surface area contributed by atoms with Gasteiger partial charge in [0.05, 0.1) is 4.92 Å². The summed E-state index contributed by atoms with van der Waals surface area (Å²) in [6, 6.07) is 22.0. The minimum atomic E-state index is -0.508. The van der Waals surface area contributed by atoms with E-state index < -0.39 is 10.9 Å². The lowest BCUT2D eigenvalue weighted by Gasteiger charge is -2.10. The van der Waals surface area contributed by atoms with Gasteiger partial charge in [0.1, 0.15) is 6.61 Å². The number of aryl methyl sites for hydroxylation is 1. The first kappa shape index (κ1) is 20.4. The predicted molar refractivity (Wildman–Crippen MR) is 114 cm³/mol. The van der Waals surface area contributed by atoms with Crippen molar-refractivity contribution in [2.45, 2.75) is 23.3 Å². The summed E-state index contributed by atoms with van der Waals surface area (Å²) >= 11 is 1.47. The first-order valence-electron chi connectivity index (χ1n) is 8.93. The Kier molecular flexibility index (Phi) is 6.81. The van der Waals surface area contributed by atoms with Crippen molar-refractivity contribution < 1.29 is 14.5 Å². The van der Waals surface area contributed by atoms with Gasteiger partial charge in [-0.05, 0) is 36.8 Å². The number of nitrogens with zero attached hydrogens (tertiary/aromatic N) is 1. The Morgan fingerprint density at radius 3 is 2.48 bits per heavy atom. The number of ether oxygens (including phenoxy) is 1. The van der Waals surface area contributed by atoms with Crippen LogP contribution in [0.25, 0.3) is 6.08 Å². The van der Waals surface area contributed by atoms with Crippen molar-refractivity contribution in [3.05, 3.63) is 106 Å². The van der Waals surface area contributed by atoms with Crippen LogP contribution in [0.2, 0.25) is 0 Å². The lowest BCUT2D eigenvalue weighted by atomic mass is 10.2. The molecule has 0 saturated carbocycles. The molecule has 0 aliphatic heterocycles. The second kappa shape index (κ2) is 9.71. The van der Waals surface area contributed by atoms with Crippen LogP contribution < -0.4 is 0 Å². The van der Waals surface area contributed by atoms with Gasteiger partial charge in [0.2, 0.25) is 0 Å². The number of esters is 1. The molecule has 0 heterocycles. The maximum atomic E-state index is 12.1. The van der Waals surface area contributed by atoms with Gasteiger partial charge < -0.3 is 4.74 Å². The van der Waals surface area contributed by atoms with Gasteiger partial charge in [-0.3, -0.25) is 10.1 Å². The van der Waals surface area contributed by atoms with Crippen LogP contribution in [0, 0.1) is 17.0 Å². The van der Waals surface area contributed by atoms with Crippen molar-refractivity contribution in [1.82, 2.24) is 0 Å². The number of hydrogen-bond donors (Lipinski definition) is 0. The molecule has 0 N–H and O–H groups in total. The first-order chi connectivity index (χ1) is 14.0. The summed E-state index contributed by atoms with van der Waals surface area (Å²) in [7, 11) is 0. The van der Waals surface area contributed by atoms with E-state index in [0.717, 1.165) is 20.9 Å². The molecule has 29 heavy (non-hydrogen) atoms. The topological polar surface area (TPSA) is 69.4 Å². The number of carbonyl (C=O) groups excluding carboxylic acids is 1. The fraction of sp³-hybridized carbons (Fsp3) is 0.0870. The Morgan fingerprint density at radius 2 is 1.79 bits per heavy atom. The average Bonchev–Trinajstić information content (AvgIpc) is 2.73. The minimum absolute atomic E-state index is 0.0378. The monoisotopic (exact) mass is 405 g/mol. The van der Waals surface area contributed by atoms with Crippen molar-refractivity contribution in [1.29, 1.82) is 0 Å². The third kappa shape index (κ3) is 6.05. The molecule has 146 valence electrons. The Bertz CT molecular complexity index is 1030. The van der Waals surface area contributed by atoms with Crippen molar-refractivity contribution in [3.63, 3.8) is 0 Å². The molecule has 0 saturated heterocycles. The molecule has 3 rings (SSSR count). The highest BCUT2D eigenvalue weighted by atomic mass is 32.2. The molecule has 0 unspecified atom stereocenters. The Morgan fingerprint density at radius 1 is 1.07 bits per heavy atom. The van der Waals surface area contributed by atoms with Gasteiger partial charge in [0, 0.05) is 33.6 Å². The van der Waals surface area contributed by atoms with Crippen LogP contribution in [0.1, 0.15) is 16.7 Å². The highest BCUT2D eigenvalue weighted by Crippen LogP contribution is 2.33. The number of rotatable bonds is 7. The van der Waals surface area contributed by atoms with E-state index in [1.165, 1.54) is 30.0 Å². The second-order valence-corrected chi connectivity index (χ2v) is 7.43. The molecular formula is C23H19NO4S. The van der Waals surface area contributed by atoms with Crippen LogP contribution in [0.15, 0.2) is 88.7 Å². The molecule has 6 heteroatoms. The molecular weight excluding hydrogens is 386 g/mol. The zero-order valence-corrected chi connectivity index (χ0v) is 16.6. The quantitative estimate of drug-likeness (QED) is 0.215. The summed E-state index contributed by atoms with van der Waals surface area (Å²) in [6.45, 7) is 1.96. The highest BCUT2D eigenvalue weighted by Gasteiger charge is 2.13. The van der Waals surface area contributed by atoms with E-state index in [1.807, 2.05) is 61.5 Å². The van der Waals surface area contributed by atoms with E-state index in [9.17, 15) is 14.9 Å². The van der Waals surface area contributed by atoms with Crippen molar-refractivity contribution in [2.75, 3.05) is 0 Å². The minimum Gasteiger partial charge on any atom is -0.458 e. The molecule has 0 aromatic heterocycles. The maximum absolute atomic E-state index is 12.1. The fourth-order valence-electron chi connectivity index (χ4n) is 2.55. The number of hydrogen-bond acceptors (Lipinski definition) is 5. The molecule has 0 atom stereocenters. The standard InChI is InChI=1S/C23H19NO4S/c1-17-7-11-21(12-8-17)29-22-13-10-20(24(26)27)15-19(22)16-28-23(25)14-9-18-5-3-2-4-6-18/h2-15H,16H2,1H3/b14-9-. The number of benzene rings is 3. The lowest BCUT2D eigenvalue weighted by molar-refractivity contribution is -0.385. The summed E-state index contributed by atoms with van der Waals surface area (Å²) in [5.74, 6) is -0.508. The van der Waals surface area contributed by atoms with E-state index in [4.69, 9.17) is 4.74 Å². The molecule has 0 radical (unpaired) electrons. The van der Waals surface area contributed by atoms with E-state index in [1.54, 1.807) is 12.1 Å². The van der Waals surface area contributed by atoms with Crippen LogP contribution in [-0.4, -0.2) is 10.9 Å². The van der Waals surface area contributed by atoms with Gasteiger partial charge in [0.15, 0.2) is 0 Å². The van der Waals surface area contributed by atoms with Gasteiger partial charge in [0.25, 0.3) is 5.69 Å². The summed E-state index contributed by atoms with van der Waals surface area (Å²) < 4.78 is 5.32. The first-order valence-corrected chi connectivity index (χ1v) is 9.74. The molecule has 0 aliphatic carbocycles. The third-order valence-corrected chi connectivity index (χ3v) is 5.21. The molecule has 3 aromatic carbocycles. The van der Waals surface area contributed by atoms with Gasteiger partial charge >= 0.3 is 5.97 Å². The number of nitro groups is 1. The third-order valence-electron chi connectivity index (χ3n) is 4.09. The molecule has 0 amide bonds.